The van der Waals surface area contributed by atoms with Gasteiger partial charge in [-0.1, -0.05) is 19.3 Å². The molecule has 0 radical (unpaired) electrons. The molecule has 0 bridgehead atoms. The van der Waals surface area contributed by atoms with Gasteiger partial charge in [0.05, 0.1) is 0 Å². The van der Waals surface area contributed by atoms with E-state index in [4.69, 9.17) is 4.74 Å². The van der Waals surface area contributed by atoms with Crippen LogP contribution < -0.4 is 0 Å². The highest BCUT2D eigenvalue weighted by molar-refractivity contribution is 5.74. The number of carbonyl (C=O) groups is 1. The maximum absolute atomic E-state index is 11.6. The number of hydrogen-bond donors (Lipinski definition) is 0. The quantitative estimate of drug-likeness (QED) is 0.665. The summed E-state index contributed by atoms with van der Waals surface area (Å²) in [5.41, 5.74) is 0. The van der Waals surface area contributed by atoms with Crippen molar-refractivity contribution >= 4 is 5.91 Å². The Labute approximate surface area is 91.8 Å². The Bertz CT molecular complexity index is 242. The summed E-state index contributed by atoms with van der Waals surface area (Å²) in [6.07, 6.45) is 7.44. The zero-order chi connectivity index (χ0) is 10.8. The summed E-state index contributed by atoms with van der Waals surface area (Å²) in [6.45, 7) is 1.67. The molecule has 1 heterocycles. The van der Waals surface area contributed by atoms with E-state index in [1.54, 1.807) is 14.0 Å². The summed E-state index contributed by atoms with van der Waals surface area (Å²) in [4.78, 5) is 13.6. The van der Waals surface area contributed by atoms with Crippen LogP contribution in [0.5, 0.6) is 0 Å². The molecule has 1 saturated carbocycles. The number of likely N-dealkylation sites (tertiary alicyclic amines) is 1. The van der Waals surface area contributed by atoms with E-state index < -0.39 is 0 Å². The lowest BCUT2D eigenvalue weighted by Gasteiger charge is -2.29. The highest BCUT2D eigenvalue weighted by Gasteiger charge is 2.42. The Kier molecular flexibility index (Phi) is 3.29. The zero-order valence-corrected chi connectivity index (χ0v) is 9.74. The molecule has 86 valence electrons. The third-order valence-electron chi connectivity index (χ3n) is 3.93. The highest BCUT2D eigenvalue weighted by atomic mass is 16.5. The van der Waals surface area contributed by atoms with Gasteiger partial charge in [0.2, 0.25) is 5.91 Å². The lowest BCUT2D eigenvalue weighted by molar-refractivity contribution is -0.140. The molecule has 3 atom stereocenters. The van der Waals surface area contributed by atoms with Gasteiger partial charge in [0.15, 0.2) is 0 Å². The van der Waals surface area contributed by atoms with Crippen molar-refractivity contribution in [1.82, 2.24) is 4.90 Å². The van der Waals surface area contributed by atoms with Crippen molar-refractivity contribution in [3.8, 4) is 0 Å². The smallest absolute Gasteiger partial charge is 0.221 e. The van der Waals surface area contributed by atoms with Gasteiger partial charge in [-0.05, 0) is 25.2 Å². The molecule has 2 rings (SSSR count). The van der Waals surface area contributed by atoms with Crippen LogP contribution in [-0.2, 0) is 9.53 Å². The first-order valence-electron chi connectivity index (χ1n) is 6.05. The average molecular weight is 211 g/mol. The maximum atomic E-state index is 11.6. The molecule has 1 aliphatic heterocycles. The summed E-state index contributed by atoms with van der Waals surface area (Å²) >= 11 is 0. The second-order valence-corrected chi connectivity index (χ2v) is 4.82. The van der Waals surface area contributed by atoms with E-state index in [-0.39, 0.29) is 12.1 Å². The van der Waals surface area contributed by atoms with Crippen LogP contribution in [0.2, 0.25) is 0 Å². The van der Waals surface area contributed by atoms with E-state index in [9.17, 15) is 4.79 Å². The number of ether oxygens (including phenoxy) is 1. The third kappa shape index (κ3) is 2.03. The lowest BCUT2D eigenvalue weighted by Crippen LogP contribution is -2.41. The van der Waals surface area contributed by atoms with Crippen LogP contribution in [-0.4, -0.2) is 30.2 Å². The van der Waals surface area contributed by atoms with Crippen molar-refractivity contribution in [3.05, 3.63) is 0 Å². The number of amides is 1. The zero-order valence-electron chi connectivity index (χ0n) is 9.74. The summed E-state index contributed by atoms with van der Waals surface area (Å²) in [5, 5.41) is 0. The predicted octanol–water partition coefficient (Wildman–Crippen LogP) is 2.16. The second-order valence-electron chi connectivity index (χ2n) is 4.82. The molecule has 15 heavy (non-hydrogen) atoms. The maximum Gasteiger partial charge on any atom is 0.221 e. The molecular weight excluding hydrogens is 190 g/mol. The number of hydrogen-bond acceptors (Lipinski definition) is 2. The fourth-order valence-electron chi connectivity index (χ4n) is 3.24. The molecule has 1 saturated heterocycles. The molecule has 1 amide bonds. The molecule has 0 aromatic carbocycles. The monoisotopic (exact) mass is 211 g/mol. The summed E-state index contributed by atoms with van der Waals surface area (Å²) < 4.78 is 5.42. The minimum absolute atomic E-state index is 0.0376. The number of rotatable bonds is 1. The topological polar surface area (TPSA) is 29.5 Å². The molecule has 0 aromatic rings. The molecule has 0 aromatic heterocycles. The number of fused-ring (bicyclic) bond motifs is 1. The van der Waals surface area contributed by atoms with Gasteiger partial charge < -0.3 is 9.64 Å². The second kappa shape index (κ2) is 4.52. The predicted molar refractivity (Wildman–Crippen MR) is 58.3 cm³/mol. The van der Waals surface area contributed by atoms with Crippen LogP contribution in [0.15, 0.2) is 0 Å². The molecule has 3 heteroatoms. The van der Waals surface area contributed by atoms with Gasteiger partial charge in [0.25, 0.3) is 0 Å². The van der Waals surface area contributed by atoms with E-state index in [2.05, 4.69) is 0 Å². The van der Waals surface area contributed by atoms with Crippen LogP contribution >= 0.6 is 0 Å². The number of nitrogens with zero attached hydrogens (tertiary/aromatic N) is 1. The fraction of sp³-hybridized carbons (Fsp3) is 0.917. The van der Waals surface area contributed by atoms with E-state index in [1.165, 1.54) is 32.1 Å². The average Bonchev–Trinajstić information content (AvgIpc) is 2.42. The molecule has 2 fully saturated rings. The van der Waals surface area contributed by atoms with Gasteiger partial charge >= 0.3 is 0 Å². The van der Waals surface area contributed by atoms with Gasteiger partial charge in [-0.2, -0.15) is 0 Å². The summed E-state index contributed by atoms with van der Waals surface area (Å²) in [6, 6.07) is 0.454. The Morgan fingerprint density at radius 2 is 2.00 bits per heavy atom. The van der Waals surface area contributed by atoms with Gasteiger partial charge in [-0.15, -0.1) is 0 Å². The van der Waals surface area contributed by atoms with E-state index in [0.29, 0.717) is 12.0 Å². The van der Waals surface area contributed by atoms with Gasteiger partial charge in [0.1, 0.15) is 6.23 Å². The van der Waals surface area contributed by atoms with Crippen molar-refractivity contribution in [3.63, 3.8) is 0 Å². The van der Waals surface area contributed by atoms with Crippen molar-refractivity contribution in [2.75, 3.05) is 7.11 Å². The Morgan fingerprint density at radius 3 is 2.67 bits per heavy atom. The fourth-order valence-corrected chi connectivity index (χ4v) is 3.24. The van der Waals surface area contributed by atoms with Crippen molar-refractivity contribution in [1.29, 1.82) is 0 Å². The molecule has 1 aliphatic carbocycles. The Hall–Kier alpha value is -0.570. The van der Waals surface area contributed by atoms with Crippen LogP contribution in [0.3, 0.4) is 0 Å². The first-order valence-corrected chi connectivity index (χ1v) is 6.05. The standard InChI is InChI=1S/C12H21NO2/c1-9(14)13-11-7-5-3-4-6-10(11)8-12(13)15-2/h10-12H,3-8H2,1-2H3/t10-,11-,12?/m1/s1. The largest absolute Gasteiger partial charge is 0.362 e. The van der Waals surface area contributed by atoms with Crippen molar-refractivity contribution in [2.45, 2.75) is 57.7 Å². The molecule has 2 aliphatic rings. The minimum Gasteiger partial charge on any atom is -0.362 e. The van der Waals surface area contributed by atoms with Gasteiger partial charge in [0, 0.05) is 20.1 Å². The number of carbonyl (C=O) groups excluding carboxylic acids is 1. The van der Waals surface area contributed by atoms with E-state index >= 15 is 0 Å². The number of methoxy groups -OCH3 is 1. The van der Waals surface area contributed by atoms with Gasteiger partial charge in [-0.25, -0.2) is 0 Å². The molecule has 3 nitrogen and oxygen atoms in total. The Morgan fingerprint density at radius 1 is 1.27 bits per heavy atom. The van der Waals surface area contributed by atoms with Crippen LogP contribution in [0.25, 0.3) is 0 Å². The van der Waals surface area contributed by atoms with E-state index in [1.807, 2.05) is 4.90 Å². The molecule has 0 N–H and O–H groups in total. The Balaban J connectivity index is 2.14. The molecule has 0 spiro atoms. The SMILES string of the molecule is COC1C[C@H]2CCCCC[C@H]2N1C(C)=O. The molecule has 1 unspecified atom stereocenters. The normalized spacial score (nSPS) is 36.1. The first-order chi connectivity index (χ1) is 7.24. The first kappa shape index (κ1) is 10.9. The highest BCUT2D eigenvalue weighted by Crippen LogP contribution is 2.38. The minimum atomic E-state index is 0.0376. The van der Waals surface area contributed by atoms with Crippen molar-refractivity contribution < 1.29 is 9.53 Å². The van der Waals surface area contributed by atoms with Crippen LogP contribution in [0, 0.1) is 5.92 Å². The van der Waals surface area contributed by atoms with Crippen LogP contribution in [0.1, 0.15) is 45.4 Å². The third-order valence-corrected chi connectivity index (χ3v) is 3.93. The lowest BCUT2D eigenvalue weighted by atomic mass is 9.95. The van der Waals surface area contributed by atoms with E-state index in [0.717, 1.165) is 6.42 Å². The van der Waals surface area contributed by atoms with Crippen molar-refractivity contribution in [2.24, 2.45) is 5.92 Å². The van der Waals surface area contributed by atoms with Crippen LogP contribution in [0.4, 0.5) is 0 Å². The summed E-state index contributed by atoms with van der Waals surface area (Å²) in [5.74, 6) is 0.859. The summed E-state index contributed by atoms with van der Waals surface area (Å²) in [7, 11) is 1.71. The van der Waals surface area contributed by atoms with Gasteiger partial charge in [-0.3, -0.25) is 4.79 Å². The molecular formula is C12H21NO2.